The van der Waals surface area contributed by atoms with Crippen molar-refractivity contribution in [1.82, 2.24) is 20.6 Å². The molecule has 2 rings (SSSR count). The number of rotatable bonds is 11. The Bertz CT molecular complexity index is 1040. The number of ether oxygens (including phenoxy) is 1. The second kappa shape index (κ2) is 13.1. The average Bonchev–Trinajstić information content (AvgIpc) is 2.83. The van der Waals surface area contributed by atoms with Gasteiger partial charge < -0.3 is 26.1 Å². The van der Waals surface area contributed by atoms with Gasteiger partial charge in [0, 0.05) is 25.5 Å². The van der Waals surface area contributed by atoms with Crippen LogP contribution >= 0.6 is 0 Å². The molecule has 0 aliphatic heterocycles. The number of carbonyl (C=O) groups is 2. The lowest BCUT2D eigenvalue weighted by Gasteiger charge is -2.17. The van der Waals surface area contributed by atoms with Crippen LogP contribution < -0.4 is 26.9 Å². The van der Waals surface area contributed by atoms with Crippen molar-refractivity contribution in [2.75, 3.05) is 27.2 Å². The highest BCUT2D eigenvalue weighted by molar-refractivity contribution is 5.96. The minimum atomic E-state index is -0.392. The Labute approximate surface area is 200 Å². The molecule has 1 atom stereocenters. The van der Waals surface area contributed by atoms with Gasteiger partial charge in [0.05, 0.1) is 25.9 Å². The van der Waals surface area contributed by atoms with Gasteiger partial charge in [0.2, 0.25) is 11.6 Å². The van der Waals surface area contributed by atoms with Gasteiger partial charge in [0.25, 0.3) is 5.91 Å². The topological polar surface area (TPSA) is 150 Å². The maximum Gasteiger partial charge on any atom is 0.307 e. The van der Waals surface area contributed by atoms with E-state index in [4.69, 9.17) is 10.6 Å². The molecule has 7 N–H and O–H groups in total. The fourth-order valence-corrected chi connectivity index (χ4v) is 3.13. The van der Waals surface area contributed by atoms with E-state index in [0.29, 0.717) is 5.56 Å². The Morgan fingerprint density at radius 2 is 1.97 bits per heavy atom. The molecule has 1 heterocycles. The van der Waals surface area contributed by atoms with E-state index in [1.807, 2.05) is 31.2 Å². The van der Waals surface area contributed by atoms with Gasteiger partial charge in [-0.15, -0.1) is 0 Å². The van der Waals surface area contributed by atoms with Gasteiger partial charge in [-0.2, -0.15) is 0 Å². The predicted molar refractivity (Wildman–Crippen MR) is 131 cm³/mol. The molecule has 0 bridgehead atoms. The molecule has 1 aromatic carbocycles. The molecule has 10 nitrogen and oxygen atoms in total. The number of aromatic nitrogens is 1. The Morgan fingerprint density at radius 3 is 2.59 bits per heavy atom. The van der Waals surface area contributed by atoms with Crippen molar-refractivity contribution in [3.8, 4) is 5.88 Å². The molecule has 10 heteroatoms. The third-order valence-corrected chi connectivity index (χ3v) is 5.04. The average molecular weight is 469 g/mol. The molecule has 182 valence electrons. The van der Waals surface area contributed by atoms with E-state index in [0.717, 1.165) is 17.7 Å². The molecule has 2 amide bonds. The minimum Gasteiger partial charge on any atom is -0.480 e. The van der Waals surface area contributed by atoms with Crippen LogP contribution in [0.4, 0.5) is 0 Å². The third kappa shape index (κ3) is 7.68. The van der Waals surface area contributed by atoms with Crippen molar-refractivity contribution in [3.63, 3.8) is 0 Å². The van der Waals surface area contributed by atoms with E-state index in [1.54, 1.807) is 25.4 Å². The van der Waals surface area contributed by atoms with Crippen LogP contribution in [0.1, 0.15) is 40.1 Å². The number of hydrazine groups is 1. The zero-order valence-electron chi connectivity index (χ0n) is 20.2. The summed E-state index contributed by atoms with van der Waals surface area (Å²) >= 11 is 0. The molecule has 0 fully saturated rings. The molecule has 0 spiro atoms. The summed E-state index contributed by atoms with van der Waals surface area (Å²) in [6.07, 6.45) is 4.03. The lowest BCUT2D eigenvalue weighted by atomic mass is 10.0. The largest absolute Gasteiger partial charge is 0.480 e. The number of benzene rings is 1. The summed E-state index contributed by atoms with van der Waals surface area (Å²) in [5, 5.41) is 6.95. The van der Waals surface area contributed by atoms with Gasteiger partial charge in [-0.3, -0.25) is 14.6 Å². The molecular formula is C24H34N7O3+. The van der Waals surface area contributed by atoms with Gasteiger partial charge >= 0.3 is 5.91 Å². The first-order valence-corrected chi connectivity index (χ1v) is 11.0. The lowest BCUT2D eigenvalue weighted by molar-refractivity contribution is -0.300. The van der Waals surface area contributed by atoms with Crippen molar-refractivity contribution in [2.24, 2.45) is 10.8 Å². The normalized spacial score (nSPS) is 12.4. The van der Waals surface area contributed by atoms with Gasteiger partial charge in [0.1, 0.15) is 5.56 Å². The summed E-state index contributed by atoms with van der Waals surface area (Å²) < 4.78 is 5.17. The van der Waals surface area contributed by atoms with E-state index < -0.39 is 6.04 Å². The van der Waals surface area contributed by atoms with Crippen LogP contribution in [0, 0.1) is 6.92 Å². The van der Waals surface area contributed by atoms with E-state index >= 15 is 0 Å². The highest BCUT2D eigenvalue weighted by Gasteiger charge is 2.18. The summed E-state index contributed by atoms with van der Waals surface area (Å²) in [6.45, 7) is 4.40. The first kappa shape index (κ1) is 26.5. The molecule has 0 saturated carbocycles. The second-order valence-electron chi connectivity index (χ2n) is 7.61. The van der Waals surface area contributed by atoms with Crippen molar-refractivity contribution >= 4 is 18.0 Å². The molecule has 2 aromatic rings. The highest BCUT2D eigenvalue weighted by Crippen LogP contribution is 2.15. The number of methoxy groups -OCH3 is 1. The minimum absolute atomic E-state index is 0.179. The van der Waals surface area contributed by atoms with Crippen LogP contribution in [0.3, 0.4) is 0 Å². The van der Waals surface area contributed by atoms with Crippen molar-refractivity contribution in [1.29, 1.82) is 0 Å². The van der Waals surface area contributed by atoms with Crippen molar-refractivity contribution < 1.29 is 20.1 Å². The number of aryl methyl sites for hydroxylation is 2. The van der Waals surface area contributed by atoms with Crippen LogP contribution in [0.25, 0.3) is 0 Å². The van der Waals surface area contributed by atoms with Gasteiger partial charge in [-0.05, 0) is 36.6 Å². The van der Waals surface area contributed by atoms with Gasteiger partial charge in [0.15, 0.2) is 0 Å². The number of pyridine rings is 1. The van der Waals surface area contributed by atoms with Crippen LogP contribution in [0.15, 0.2) is 53.3 Å². The quantitative estimate of drug-likeness (QED) is 0.163. The molecule has 0 radical (unpaired) electrons. The fraction of sp³-hybridized carbons (Fsp3) is 0.333. The molecule has 1 aromatic heterocycles. The monoisotopic (exact) mass is 468 g/mol. The first-order valence-electron chi connectivity index (χ1n) is 11.0. The Morgan fingerprint density at radius 1 is 1.26 bits per heavy atom. The zero-order valence-corrected chi connectivity index (χ0v) is 20.2. The number of nitrogens with one attached hydrogen (secondary N) is 2. The standard InChI is InChI=1S/C24H33N7O3/c1-5-17-7-9-18(10-8-17)21(14-27-3)30-23(33)20(25)15-31(26)13-12-28-22(32)19-11-6-16(2)29-24(19)34-4/h6-11,14-15,21H,5,12-13,25-26H2,1-4H3,(H,28,32)(H,30,33)/p+1/b20-15-,27-14?. The van der Waals surface area contributed by atoms with E-state index in [9.17, 15) is 9.59 Å². The molecule has 0 saturated heterocycles. The predicted octanol–water partition coefficient (Wildman–Crippen LogP) is 0.508. The Kier molecular flexibility index (Phi) is 10.2. The van der Waals surface area contributed by atoms with Crippen LogP contribution in [-0.4, -0.2) is 55.3 Å². The van der Waals surface area contributed by atoms with E-state index in [2.05, 4.69) is 33.3 Å². The zero-order chi connectivity index (χ0) is 25.1. The number of carbonyl (C=O) groups excluding carboxylic acids is 2. The number of hydrogen-bond acceptors (Lipinski definition) is 7. The number of hydrogen-bond donors (Lipinski definition) is 4. The molecule has 1 unspecified atom stereocenters. The summed E-state index contributed by atoms with van der Waals surface area (Å²) in [4.78, 5) is 33.3. The number of amides is 2. The molecule has 0 aliphatic carbocycles. The second-order valence-corrected chi connectivity index (χ2v) is 7.61. The number of nitrogens with zero attached hydrogens (tertiary/aromatic N) is 3. The summed E-state index contributed by atoms with van der Waals surface area (Å²) in [5.74, 6) is 5.52. The van der Waals surface area contributed by atoms with E-state index in [-0.39, 0.29) is 36.5 Å². The smallest absolute Gasteiger partial charge is 0.307 e. The van der Waals surface area contributed by atoms with Crippen LogP contribution in [0.2, 0.25) is 0 Å². The van der Waals surface area contributed by atoms with Crippen molar-refractivity contribution in [3.05, 3.63) is 70.7 Å². The van der Waals surface area contributed by atoms with E-state index in [1.165, 1.54) is 23.9 Å². The maximum absolute atomic E-state index is 12.6. The van der Waals surface area contributed by atoms with Crippen LogP contribution in [-0.2, 0) is 11.2 Å². The number of nitrogens with two attached hydrogens (primary N) is 1. The first-order chi connectivity index (χ1) is 16.3. The van der Waals surface area contributed by atoms with Gasteiger partial charge in [-0.1, -0.05) is 31.2 Å². The summed E-state index contributed by atoms with van der Waals surface area (Å²) in [7, 11) is 3.11. The highest BCUT2D eigenvalue weighted by atomic mass is 16.5. The lowest BCUT2D eigenvalue weighted by Crippen LogP contribution is -2.56. The van der Waals surface area contributed by atoms with Gasteiger partial charge in [-0.25, -0.2) is 10.8 Å². The molecule has 34 heavy (non-hydrogen) atoms. The van der Waals surface area contributed by atoms with Crippen LogP contribution in [0.5, 0.6) is 5.88 Å². The molecular weight excluding hydrogens is 434 g/mol. The molecule has 0 aliphatic rings. The Hall–Kier alpha value is -3.76. The number of quaternary nitrogens is 1. The fourth-order valence-electron chi connectivity index (χ4n) is 3.13. The Balaban J connectivity index is 1.92. The maximum atomic E-state index is 12.6. The summed E-state index contributed by atoms with van der Waals surface area (Å²) in [6, 6.07) is 11.0. The van der Waals surface area contributed by atoms with Crippen molar-refractivity contribution in [2.45, 2.75) is 26.3 Å². The third-order valence-electron chi connectivity index (χ3n) is 5.04. The number of aliphatic imine (C=N–C) groups is 1. The SMILES string of the molecule is CCc1ccc(C(C=NC)NC(=O)/C([NH3+])=C/N(N)CCNC(=O)c2ccc(C)nc2OC)cc1. The summed E-state index contributed by atoms with van der Waals surface area (Å²) in [5.41, 5.74) is 7.19.